The van der Waals surface area contributed by atoms with Gasteiger partial charge in [0.05, 0.1) is 5.84 Å². The average molecular weight is 260 g/mol. The van der Waals surface area contributed by atoms with E-state index < -0.39 is 0 Å². The molecule has 1 aromatic carbocycles. The first-order chi connectivity index (χ1) is 9.06. The number of nitrogens with two attached hydrogens (primary N) is 1. The Labute approximate surface area is 113 Å². The third kappa shape index (κ3) is 3.47. The fourth-order valence-corrected chi connectivity index (χ4v) is 2.34. The number of likely N-dealkylation sites (tertiary alicyclic amines) is 1. The van der Waals surface area contributed by atoms with E-state index in [9.17, 15) is 4.79 Å². The Bertz CT molecular complexity index is 486. The molecular formula is C14H20N4O. The number of urea groups is 1. The molecule has 0 radical (unpaired) electrons. The summed E-state index contributed by atoms with van der Waals surface area (Å²) in [5.74, 6) is 0.171. The molecule has 1 aliphatic rings. The molecule has 1 unspecified atom stereocenters. The Hall–Kier alpha value is -2.04. The van der Waals surface area contributed by atoms with Crippen molar-refractivity contribution < 1.29 is 4.79 Å². The van der Waals surface area contributed by atoms with Crippen LogP contribution in [0.4, 0.5) is 10.5 Å². The van der Waals surface area contributed by atoms with Gasteiger partial charge >= 0.3 is 6.03 Å². The number of benzene rings is 1. The van der Waals surface area contributed by atoms with E-state index in [1.54, 1.807) is 4.90 Å². The Morgan fingerprint density at radius 2 is 2.32 bits per heavy atom. The predicted molar refractivity (Wildman–Crippen MR) is 76.4 cm³/mol. The minimum atomic E-state index is -0.114. The molecule has 1 aliphatic heterocycles. The molecule has 0 bridgehead atoms. The molecule has 2 amide bonds. The molecule has 1 heterocycles. The zero-order valence-electron chi connectivity index (χ0n) is 11.1. The third-order valence-electron chi connectivity index (χ3n) is 3.42. The highest BCUT2D eigenvalue weighted by Crippen LogP contribution is 2.18. The molecule has 1 aromatic rings. The summed E-state index contributed by atoms with van der Waals surface area (Å²) in [6.45, 7) is 3.25. The number of hydrogen-bond donors (Lipinski definition) is 3. The van der Waals surface area contributed by atoms with Crippen LogP contribution in [0.15, 0.2) is 24.3 Å². The van der Waals surface area contributed by atoms with Crippen molar-refractivity contribution >= 4 is 17.6 Å². The maximum absolute atomic E-state index is 12.2. The lowest BCUT2D eigenvalue weighted by atomic mass is 9.97. The van der Waals surface area contributed by atoms with Gasteiger partial charge in [0.1, 0.15) is 0 Å². The summed E-state index contributed by atoms with van der Waals surface area (Å²) < 4.78 is 0. The van der Waals surface area contributed by atoms with Crippen molar-refractivity contribution in [3.8, 4) is 0 Å². The van der Waals surface area contributed by atoms with E-state index in [2.05, 4.69) is 5.32 Å². The van der Waals surface area contributed by atoms with E-state index in [-0.39, 0.29) is 17.8 Å². The maximum atomic E-state index is 12.2. The molecule has 0 aromatic heterocycles. The number of nitrogens with one attached hydrogen (secondary N) is 2. The number of rotatable bonds is 2. The van der Waals surface area contributed by atoms with Gasteiger partial charge in [-0.2, -0.15) is 0 Å². The van der Waals surface area contributed by atoms with Crippen molar-refractivity contribution in [1.29, 1.82) is 5.41 Å². The van der Waals surface area contributed by atoms with Crippen LogP contribution < -0.4 is 11.1 Å². The molecular weight excluding hydrogens is 240 g/mol. The summed E-state index contributed by atoms with van der Waals surface area (Å²) in [6, 6.07) is 7.60. The van der Waals surface area contributed by atoms with Crippen LogP contribution in [-0.2, 0) is 0 Å². The van der Waals surface area contributed by atoms with E-state index in [0.29, 0.717) is 6.54 Å². The van der Waals surface area contributed by atoms with Crippen LogP contribution >= 0.6 is 0 Å². The van der Waals surface area contributed by atoms with E-state index in [4.69, 9.17) is 11.1 Å². The van der Waals surface area contributed by atoms with Crippen LogP contribution in [0.5, 0.6) is 0 Å². The van der Waals surface area contributed by atoms with Crippen LogP contribution in [0.2, 0.25) is 0 Å². The van der Waals surface area contributed by atoms with Gasteiger partial charge in [0.2, 0.25) is 0 Å². The minimum Gasteiger partial charge on any atom is -0.387 e. The molecule has 0 saturated carbocycles. The van der Waals surface area contributed by atoms with Crippen molar-refractivity contribution in [1.82, 2.24) is 4.90 Å². The van der Waals surface area contributed by atoms with Crippen LogP contribution in [0.25, 0.3) is 0 Å². The van der Waals surface area contributed by atoms with Crippen LogP contribution in [0.1, 0.15) is 18.4 Å². The standard InChI is InChI=1S/C14H20N4O/c1-10-4-2-6-12(8-10)17-14(19)18-7-3-5-11(9-18)13(15)16/h2,4,6,8,11H,3,5,7,9H2,1H3,(H3,15,16)(H,17,19). The molecule has 2 rings (SSSR count). The lowest BCUT2D eigenvalue weighted by Gasteiger charge is -2.32. The number of amidine groups is 1. The number of piperidine rings is 1. The third-order valence-corrected chi connectivity index (χ3v) is 3.42. The molecule has 5 nitrogen and oxygen atoms in total. The maximum Gasteiger partial charge on any atom is 0.321 e. The van der Waals surface area contributed by atoms with Crippen molar-refractivity contribution in [2.75, 3.05) is 18.4 Å². The first-order valence-electron chi connectivity index (χ1n) is 6.53. The summed E-state index contributed by atoms with van der Waals surface area (Å²) in [7, 11) is 0. The lowest BCUT2D eigenvalue weighted by Crippen LogP contribution is -2.45. The molecule has 19 heavy (non-hydrogen) atoms. The molecule has 0 spiro atoms. The normalized spacial score (nSPS) is 19.0. The second-order valence-corrected chi connectivity index (χ2v) is 5.04. The number of aryl methyl sites for hydroxylation is 1. The van der Waals surface area contributed by atoms with Gasteiger partial charge in [-0.25, -0.2) is 4.79 Å². The average Bonchev–Trinajstić information content (AvgIpc) is 2.39. The summed E-state index contributed by atoms with van der Waals surface area (Å²) in [5.41, 5.74) is 7.44. The number of amides is 2. The quantitative estimate of drug-likeness (QED) is 0.562. The SMILES string of the molecule is Cc1cccc(NC(=O)N2CCCC(C(=N)N)C2)c1. The predicted octanol–water partition coefficient (Wildman–Crippen LogP) is 2.17. The second-order valence-electron chi connectivity index (χ2n) is 5.04. The zero-order valence-corrected chi connectivity index (χ0v) is 11.1. The number of hydrogen-bond acceptors (Lipinski definition) is 2. The zero-order chi connectivity index (χ0) is 13.8. The fourth-order valence-electron chi connectivity index (χ4n) is 2.34. The first kappa shape index (κ1) is 13.4. The Morgan fingerprint density at radius 3 is 3.00 bits per heavy atom. The van der Waals surface area contributed by atoms with Crippen LogP contribution in [0.3, 0.4) is 0 Å². The van der Waals surface area contributed by atoms with E-state index in [1.807, 2.05) is 31.2 Å². The second kappa shape index (κ2) is 5.73. The lowest BCUT2D eigenvalue weighted by molar-refractivity contribution is 0.191. The molecule has 1 fully saturated rings. The molecule has 5 heteroatoms. The van der Waals surface area contributed by atoms with Gasteiger partial charge in [-0.15, -0.1) is 0 Å². The monoisotopic (exact) mass is 260 g/mol. The number of anilines is 1. The van der Waals surface area contributed by atoms with Gasteiger partial charge in [0.25, 0.3) is 0 Å². The summed E-state index contributed by atoms with van der Waals surface area (Å²) in [6.07, 6.45) is 1.79. The Balaban J connectivity index is 1.98. The summed E-state index contributed by atoms with van der Waals surface area (Å²) >= 11 is 0. The van der Waals surface area contributed by atoms with Gasteiger partial charge < -0.3 is 16.0 Å². The molecule has 102 valence electrons. The molecule has 4 N–H and O–H groups in total. The van der Waals surface area contributed by atoms with Gasteiger partial charge in [-0.3, -0.25) is 5.41 Å². The van der Waals surface area contributed by atoms with Crippen molar-refractivity contribution in [2.24, 2.45) is 11.7 Å². The minimum absolute atomic E-state index is 0.00277. The highest BCUT2D eigenvalue weighted by molar-refractivity contribution is 5.90. The van der Waals surface area contributed by atoms with Crippen LogP contribution in [0, 0.1) is 18.3 Å². The van der Waals surface area contributed by atoms with Crippen molar-refractivity contribution in [2.45, 2.75) is 19.8 Å². The topological polar surface area (TPSA) is 82.2 Å². The number of carbonyl (C=O) groups excluding carboxylic acids is 1. The highest BCUT2D eigenvalue weighted by atomic mass is 16.2. The number of carbonyl (C=O) groups is 1. The first-order valence-corrected chi connectivity index (χ1v) is 6.53. The van der Waals surface area contributed by atoms with E-state index >= 15 is 0 Å². The van der Waals surface area contributed by atoms with Crippen molar-refractivity contribution in [3.63, 3.8) is 0 Å². The van der Waals surface area contributed by atoms with E-state index in [1.165, 1.54) is 0 Å². The Kier molecular flexibility index (Phi) is 4.04. The molecule has 1 saturated heterocycles. The largest absolute Gasteiger partial charge is 0.387 e. The fraction of sp³-hybridized carbons (Fsp3) is 0.429. The van der Waals surface area contributed by atoms with Crippen molar-refractivity contribution in [3.05, 3.63) is 29.8 Å². The molecule has 0 aliphatic carbocycles. The van der Waals surface area contributed by atoms with E-state index in [0.717, 1.165) is 30.6 Å². The summed E-state index contributed by atoms with van der Waals surface area (Å²) in [5, 5.41) is 10.4. The molecule has 1 atom stereocenters. The highest BCUT2D eigenvalue weighted by Gasteiger charge is 2.25. The van der Waals surface area contributed by atoms with Gasteiger partial charge in [0.15, 0.2) is 0 Å². The van der Waals surface area contributed by atoms with Gasteiger partial charge in [-0.05, 0) is 37.5 Å². The van der Waals surface area contributed by atoms with Gasteiger partial charge in [-0.1, -0.05) is 12.1 Å². The Morgan fingerprint density at radius 1 is 1.53 bits per heavy atom. The smallest absolute Gasteiger partial charge is 0.321 e. The summed E-state index contributed by atoms with van der Waals surface area (Å²) in [4.78, 5) is 13.9. The van der Waals surface area contributed by atoms with Crippen LogP contribution in [-0.4, -0.2) is 29.9 Å². The van der Waals surface area contributed by atoms with Gasteiger partial charge in [0, 0.05) is 24.7 Å². The number of nitrogens with zero attached hydrogens (tertiary/aromatic N) is 1.